The topological polar surface area (TPSA) is 38.3 Å². The van der Waals surface area contributed by atoms with Crippen LogP contribution >= 0.6 is 0 Å². The summed E-state index contributed by atoms with van der Waals surface area (Å²) >= 11 is 0. The van der Waals surface area contributed by atoms with Crippen molar-refractivity contribution in [3.63, 3.8) is 0 Å². The fourth-order valence-electron chi connectivity index (χ4n) is 1.48. The Balaban J connectivity index is 2.48. The van der Waals surface area contributed by atoms with Crippen molar-refractivity contribution in [3.8, 4) is 0 Å². The molecule has 1 aromatic carbocycles. The maximum absolute atomic E-state index is 13.4. The van der Waals surface area contributed by atoms with Crippen molar-refractivity contribution >= 4 is 5.97 Å². The molecule has 0 aromatic heterocycles. The van der Waals surface area contributed by atoms with Gasteiger partial charge in [-0.1, -0.05) is 18.2 Å². The molecule has 17 heavy (non-hydrogen) atoms. The third-order valence-corrected chi connectivity index (χ3v) is 2.29. The van der Waals surface area contributed by atoms with E-state index in [1.54, 1.807) is 39.0 Å². The monoisotopic (exact) mass is 239 g/mol. The Hall–Kier alpha value is -1.42. The van der Waals surface area contributed by atoms with Gasteiger partial charge in [-0.25, -0.2) is 4.39 Å². The lowest BCUT2D eigenvalue weighted by atomic mass is 10.1. The zero-order valence-electron chi connectivity index (χ0n) is 10.4. The molecule has 1 rings (SSSR count). The summed E-state index contributed by atoms with van der Waals surface area (Å²) in [6, 6.07) is 6.28. The molecular weight excluding hydrogens is 221 g/mol. The molecule has 0 aliphatic carbocycles. The van der Waals surface area contributed by atoms with Crippen molar-refractivity contribution in [2.45, 2.75) is 32.9 Å². The summed E-state index contributed by atoms with van der Waals surface area (Å²) in [5, 5.41) is 2.93. The Bertz CT molecular complexity index is 379. The van der Waals surface area contributed by atoms with Gasteiger partial charge in [-0.15, -0.1) is 0 Å². The molecule has 0 fully saturated rings. The highest BCUT2D eigenvalue weighted by atomic mass is 19.1. The zero-order chi connectivity index (χ0) is 12.8. The molecule has 1 aromatic rings. The summed E-state index contributed by atoms with van der Waals surface area (Å²) in [7, 11) is 0. The first-order valence-corrected chi connectivity index (χ1v) is 5.68. The summed E-state index contributed by atoms with van der Waals surface area (Å²) in [5.41, 5.74) is 0.546. The van der Waals surface area contributed by atoms with Crippen LogP contribution in [0.15, 0.2) is 24.3 Å². The predicted molar refractivity (Wildman–Crippen MR) is 64.0 cm³/mol. The Kier molecular flexibility index (Phi) is 5.10. The van der Waals surface area contributed by atoms with Crippen LogP contribution in [-0.4, -0.2) is 18.6 Å². The second-order valence-electron chi connectivity index (χ2n) is 4.16. The van der Waals surface area contributed by atoms with Gasteiger partial charge in [0.2, 0.25) is 0 Å². The van der Waals surface area contributed by atoms with Gasteiger partial charge in [-0.3, -0.25) is 4.79 Å². The van der Waals surface area contributed by atoms with E-state index in [0.717, 1.165) is 0 Å². The standard InChI is InChI=1S/C13H18FNO2/c1-9(2)17-13(16)8-15-10(3)11-6-4-5-7-12(11)14/h4-7,9-10,15H,8H2,1-3H3/t10-/m1/s1. The van der Waals surface area contributed by atoms with E-state index in [1.807, 2.05) is 0 Å². The second kappa shape index (κ2) is 6.35. The van der Waals surface area contributed by atoms with Crippen LogP contribution in [0.5, 0.6) is 0 Å². The number of ether oxygens (including phenoxy) is 1. The minimum absolute atomic E-state index is 0.0771. The molecule has 1 atom stereocenters. The number of benzene rings is 1. The number of carbonyl (C=O) groups excluding carboxylic acids is 1. The number of hydrogen-bond acceptors (Lipinski definition) is 3. The highest BCUT2D eigenvalue weighted by Crippen LogP contribution is 2.15. The fraction of sp³-hybridized carbons (Fsp3) is 0.462. The van der Waals surface area contributed by atoms with Crippen molar-refractivity contribution in [1.82, 2.24) is 5.32 Å². The van der Waals surface area contributed by atoms with E-state index in [0.29, 0.717) is 5.56 Å². The van der Waals surface area contributed by atoms with E-state index in [9.17, 15) is 9.18 Å². The van der Waals surface area contributed by atoms with Crippen molar-refractivity contribution in [1.29, 1.82) is 0 Å². The number of rotatable bonds is 5. The minimum Gasteiger partial charge on any atom is -0.462 e. The average Bonchev–Trinajstić information content (AvgIpc) is 2.25. The first kappa shape index (κ1) is 13.6. The SMILES string of the molecule is CC(C)OC(=O)CN[C@H](C)c1ccccc1F. The molecule has 3 nitrogen and oxygen atoms in total. The molecule has 0 spiro atoms. The normalized spacial score (nSPS) is 12.5. The van der Waals surface area contributed by atoms with E-state index in [-0.39, 0.29) is 30.5 Å². The van der Waals surface area contributed by atoms with Crippen LogP contribution in [0.1, 0.15) is 32.4 Å². The van der Waals surface area contributed by atoms with Crippen molar-refractivity contribution in [3.05, 3.63) is 35.6 Å². The molecule has 4 heteroatoms. The van der Waals surface area contributed by atoms with Crippen molar-refractivity contribution in [2.24, 2.45) is 0 Å². The Morgan fingerprint density at radius 1 is 1.35 bits per heavy atom. The lowest BCUT2D eigenvalue weighted by Crippen LogP contribution is -2.29. The minimum atomic E-state index is -0.330. The number of hydrogen-bond donors (Lipinski definition) is 1. The molecule has 0 amide bonds. The van der Waals surface area contributed by atoms with Crippen LogP contribution < -0.4 is 5.32 Å². The van der Waals surface area contributed by atoms with Crippen molar-refractivity contribution in [2.75, 3.05) is 6.54 Å². The highest BCUT2D eigenvalue weighted by molar-refractivity contribution is 5.71. The van der Waals surface area contributed by atoms with Gasteiger partial charge in [-0.05, 0) is 26.8 Å². The molecule has 0 radical (unpaired) electrons. The largest absolute Gasteiger partial charge is 0.462 e. The zero-order valence-corrected chi connectivity index (χ0v) is 10.4. The molecule has 0 aliphatic heterocycles. The molecule has 0 unspecified atom stereocenters. The summed E-state index contributed by atoms with van der Waals surface area (Å²) in [6.07, 6.45) is -0.131. The number of halogens is 1. The molecule has 0 saturated heterocycles. The van der Waals surface area contributed by atoms with Crippen LogP contribution in [0.4, 0.5) is 4.39 Å². The van der Waals surface area contributed by atoms with Crippen LogP contribution in [0.25, 0.3) is 0 Å². The Morgan fingerprint density at radius 3 is 2.59 bits per heavy atom. The Labute approximate surface area is 101 Å². The van der Waals surface area contributed by atoms with Crippen LogP contribution in [-0.2, 0) is 9.53 Å². The van der Waals surface area contributed by atoms with Gasteiger partial charge < -0.3 is 10.1 Å². The summed E-state index contributed by atoms with van der Waals surface area (Å²) in [4.78, 5) is 11.3. The lowest BCUT2D eigenvalue weighted by molar-refractivity contribution is -0.146. The Morgan fingerprint density at radius 2 is 2.00 bits per heavy atom. The summed E-state index contributed by atoms with van der Waals surface area (Å²) in [6.45, 7) is 5.46. The quantitative estimate of drug-likeness (QED) is 0.802. The smallest absolute Gasteiger partial charge is 0.320 e. The predicted octanol–water partition coefficient (Wildman–Crippen LogP) is 2.43. The van der Waals surface area contributed by atoms with Gasteiger partial charge in [-0.2, -0.15) is 0 Å². The average molecular weight is 239 g/mol. The number of esters is 1. The molecule has 94 valence electrons. The summed E-state index contributed by atoms with van der Waals surface area (Å²) in [5.74, 6) is -0.604. The van der Waals surface area contributed by atoms with E-state index in [4.69, 9.17) is 4.74 Å². The first-order chi connectivity index (χ1) is 8.00. The van der Waals surface area contributed by atoms with E-state index in [2.05, 4.69) is 5.32 Å². The van der Waals surface area contributed by atoms with E-state index >= 15 is 0 Å². The van der Waals surface area contributed by atoms with Crippen LogP contribution in [0.3, 0.4) is 0 Å². The molecule has 0 bridgehead atoms. The van der Waals surface area contributed by atoms with Crippen LogP contribution in [0, 0.1) is 5.82 Å². The molecular formula is C13H18FNO2. The van der Waals surface area contributed by atoms with E-state index in [1.165, 1.54) is 6.07 Å². The van der Waals surface area contributed by atoms with Gasteiger partial charge in [0.25, 0.3) is 0 Å². The van der Waals surface area contributed by atoms with Gasteiger partial charge >= 0.3 is 5.97 Å². The second-order valence-corrected chi connectivity index (χ2v) is 4.16. The third-order valence-electron chi connectivity index (χ3n) is 2.29. The highest BCUT2D eigenvalue weighted by Gasteiger charge is 2.12. The van der Waals surface area contributed by atoms with Crippen LogP contribution in [0.2, 0.25) is 0 Å². The molecule has 1 N–H and O–H groups in total. The molecule has 0 heterocycles. The lowest BCUT2D eigenvalue weighted by Gasteiger charge is -2.15. The van der Waals surface area contributed by atoms with Gasteiger partial charge in [0.05, 0.1) is 12.6 Å². The van der Waals surface area contributed by atoms with E-state index < -0.39 is 0 Å². The molecule has 0 aliphatic rings. The fourth-order valence-corrected chi connectivity index (χ4v) is 1.48. The number of nitrogens with one attached hydrogen (secondary N) is 1. The van der Waals surface area contributed by atoms with Gasteiger partial charge in [0.1, 0.15) is 5.82 Å². The maximum atomic E-state index is 13.4. The number of carbonyl (C=O) groups is 1. The first-order valence-electron chi connectivity index (χ1n) is 5.68. The van der Waals surface area contributed by atoms with Gasteiger partial charge in [0.15, 0.2) is 0 Å². The third kappa shape index (κ3) is 4.53. The van der Waals surface area contributed by atoms with Gasteiger partial charge in [0, 0.05) is 11.6 Å². The summed E-state index contributed by atoms with van der Waals surface area (Å²) < 4.78 is 18.4. The molecule has 0 saturated carbocycles. The maximum Gasteiger partial charge on any atom is 0.320 e. The van der Waals surface area contributed by atoms with Crippen molar-refractivity contribution < 1.29 is 13.9 Å².